The van der Waals surface area contributed by atoms with Gasteiger partial charge in [-0.25, -0.2) is 9.97 Å². The van der Waals surface area contributed by atoms with Gasteiger partial charge in [-0.2, -0.15) is 13.8 Å². The molecule has 37 heavy (non-hydrogen) atoms. The van der Waals surface area contributed by atoms with Crippen LogP contribution in [0.5, 0.6) is 0 Å². The van der Waals surface area contributed by atoms with Gasteiger partial charge in [0.2, 0.25) is 11.9 Å². The van der Waals surface area contributed by atoms with E-state index in [0.29, 0.717) is 5.69 Å². The van der Waals surface area contributed by atoms with Crippen molar-refractivity contribution in [2.45, 2.75) is 5.92 Å². The lowest BCUT2D eigenvalue weighted by Gasteiger charge is -2.34. The third-order valence-electron chi connectivity index (χ3n) is 6.25. The van der Waals surface area contributed by atoms with E-state index in [1.807, 2.05) is 24.3 Å². The lowest BCUT2D eigenvalue weighted by molar-refractivity contribution is -0.111. The normalized spacial score (nSPS) is 14.5. The second-order valence-corrected chi connectivity index (χ2v) is 8.81. The molecule has 11 heteroatoms. The second-order valence-electron chi connectivity index (χ2n) is 8.81. The Morgan fingerprint density at radius 3 is 2.57 bits per heavy atom. The number of nitrogens with zero attached hydrogens (tertiary/aromatic N) is 5. The number of nitrogens with one attached hydrogen (secondary N) is 3. The molecule has 9 nitrogen and oxygen atoms in total. The van der Waals surface area contributed by atoms with Crippen molar-refractivity contribution >= 4 is 40.1 Å². The summed E-state index contributed by atoms with van der Waals surface area (Å²) < 4.78 is 31.6. The lowest BCUT2D eigenvalue weighted by atomic mass is 10.0. The van der Waals surface area contributed by atoms with E-state index in [9.17, 15) is 4.79 Å². The van der Waals surface area contributed by atoms with Gasteiger partial charge in [0.1, 0.15) is 11.2 Å². The van der Waals surface area contributed by atoms with Gasteiger partial charge in [-0.1, -0.05) is 18.7 Å². The number of carbonyl (C=O) groups excluding carboxylic acids is 1. The number of anilines is 4. The SMILES string of the molecule is C=CC(=O)Nc1cccc(C(F)(F)c2nc(Nc3ccc(N4CCN(C)CC4)cc3)nc3nc[nH]c23)c1. The van der Waals surface area contributed by atoms with Crippen LogP contribution < -0.4 is 15.5 Å². The van der Waals surface area contributed by atoms with Gasteiger partial charge in [0, 0.05) is 48.8 Å². The van der Waals surface area contributed by atoms with E-state index in [1.54, 1.807) is 0 Å². The van der Waals surface area contributed by atoms with Crippen LogP contribution in [-0.2, 0) is 10.7 Å². The minimum Gasteiger partial charge on any atom is -0.369 e. The summed E-state index contributed by atoms with van der Waals surface area (Å²) in [7, 11) is 2.11. The maximum Gasteiger partial charge on any atom is 0.317 e. The Kier molecular flexibility index (Phi) is 6.53. The van der Waals surface area contributed by atoms with Crippen LogP contribution in [0, 0.1) is 0 Å². The molecule has 0 spiro atoms. The van der Waals surface area contributed by atoms with Crippen LogP contribution >= 0.6 is 0 Å². The van der Waals surface area contributed by atoms with Crippen molar-refractivity contribution in [2.24, 2.45) is 0 Å². The van der Waals surface area contributed by atoms with Crippen LogP contribution in [0.1, 0.15) is 11.3 Å². The molecule has 190 valence electrons. The number of piperazine rings is 1. The molecule has 2 aromatic heterocycles. The van der Waals surface area contributed by atoms with E-state index in [2.05, 4.69) is 54.0 Å². The molecular formula is C26H26F2N8O. The predicted molar refractivity (Wildman–Crippen MR) is 139 cm³/mol. The van der Waals surface area contributed by atoms with Crippen LogP contribution in [0.15, 0.2) is 67.5 Å². The highest BCUT2D eigenvalue weighted by molar-refractivity contribution is 5.98. The standard InChI is InChI=1S/C26H26F2N8O/c1-3-21(37)31-19-6-4-5-17(15-19)26(27,28)23-22-24(30-16-29-22)34-25(33-23)32-18-7-9-20(10-8-18)36-13-11-35(2)12-14-36/h3-10,15-16H,1,11-14H2,2H3,(H,31,37)(H2,29,30,32,33,34). The molecule has 3 heterocycles. The smallest absolute Gasteiger partial charge is 0.317 e. The molecule has 3 N–H and O–H groups in total. The van der Waals surface area contributed by atoms with Crippen LogP contribution in [0.4, 0.5) is 31.8 Å². The molecule has 0 saturated carbocycles. The van der Waals surface area contributed by atoms with E-state index in [4.69, 9.17) is 0 Å². The maximum atomic E-state index is 15.8. The number of hydrogen-bond acceptors (Lipinski definition) is 7. The molecule has 1 fully saturated rings. The summed E-state index contributed by atoms with van der Waals surface area (Å²) in [5, 5.41) is 5.53. The molecule has 0 radical (unpaired) electrons. The van der Waals surface area contributed by atoms with Crippen LogP contribution in [0.3, 0.4) is 0 Å². The fraction of sp³-hybridized carbons (Fsp3) is 0.231. The van der Waals surface area contributed by atoms with Crippen molar-refractivity contribution in [3.8, 4) is 0 Å². The number of imidazole rings is 1. The van der Waals surface area contributed by atoms with Crippen molar-refractivity contribution in [1.82, 2.24) is 24.8 Å². The minimum atomic E-state index is -3.51. The van der Waals surface area contributed by atoms with E-state index in [-0.39, 0.29) is 28.4 Å². The van der Waals surface area contributed by atoms with Gasteiger partial charge in [0.25, 0.3) is 0 Å². The molecule has 0 atom stereocenters. The summed E-state index contributed by atoms with van der Waals surface area (Å²) in [4.78, 5) is 31.5. The molecule has 0 aliphatic carbocycles. The first-order valence-electron chi connectivity index (χ1n) is 11.8. The number of aromatic amines is 1. The van der Waals surface area contributed by atoms with Gasteiger partial charge in [-0.05, 0) is 49.5 Å². The number of rotatable bonds is 7. The summed E-state index contributed by atoms with van der Waals surface area (Å²) in [5.41, 5.74) is 1.24. The minimum absolute atomic E-state index is 0.00210. The lowest BCUT2D eigenvalue weighted by Crippen LogP contribution is -2.44. The first-order valence-corrected chi connectivity index (χ1v) is 11.8. The van der Waals surface area contributed by atoms with Crippen molar-refractivity contribution in [3.63, 3.8) is 0 Å². The summed E-state index contributed by atoms with van der Waals surface area (Å²) >= 11 is 0. The molecule has 5 rings (SSSR count). The number of benzene rings is 2. The van der Waals surface area contributed by atoms with E-state index in [0.717, 1.165) is 37.9 Å². The summed E-state index contributed by atoms with van der Waals surface area (Å²) in [5.74, 6) is -4.01. The van der Waals surface area contributed by atoms with Crippen LogP contribution in [0.2, 0.25) is 0 Å². The number of H-pyrrole nitrogens is 1. The fourth-order valence-electron chi connectivity index (χ4n) is 4.19. The summed E-state index contributed by atoms with van der Waals surface area (Å²) in [6, 6.07) is 13.1. The Hall–Kier alpha value is -4.38. The molecule has 1 aliphatic heterocycles. The third kappa shape index (κ3) is 5.12. The van der Waals surface area contributed by atoms with Crippen molar-refractivity contribution < 1.29 is 13.6 Å². The third-order valence-corrected chi connectivity index (χ3v) is 6.25. The van der Waals surface area contributed by atoms with Gasteiger partial charge in [0.05, 0.1) is 6.33 Å². The second kappa shape index (κ2) is 9.94. The number of likely N-dealkylation sites (N-methyl/N-ethyl adjacent to an activating group) is 1. The average Bonchev–Trinajstić information content (AvgIpc) is 3.38. The van der Waals surface area contributed by atoms with Gasteiger partial charge < -0.3 is 25.4 Å². The molecule has 1 amide bonds. The highest BCUT2D eigenvalue weighted by Crippen LogP contribution is 2.38. The molecule has 0 unspecified atom stereocenters. The number of carbonyl (C=O) groups is 1. The number of aromatic nitrogens is 4. The number of alkyl halides is 2. The number of amides is 1. The quantitative estimate of drug-likeness (QED) is 0.326. The molecule has 0 bridgehead atoms. The Balaban J connectivity index is 1.43. The van der Waals surface area contributed by atoms with E-state index < -0.39 is 17.5 Å². The van der Waals surface area contributed by atoms with Crippen LogP contribution in [0.25, 0.3) is 11.2 Å². The Morgan fingerprint density at radius 2 is 1.84 bits per heavy atom. The Labute approximate surface area is 212 Å². The number of halogens is 2. The number of fused-ring (bicyclic) bond motifs is 1. The summed E-state index contributed by atoms with van der Waals surface area (Å²) in [6.07, 6.45) is 2.37. The molecule has 2 aromatic carbocycles. The molecular weight excluding hydrogens is 478 g/mol. The van der Waals surface area contributed by atoms with Crippen LogP contribution in [-0.4, -0.2) is 64.0 Å². The molecule has 4 aromatic rings. The predicted octanol–water partition coefficient (Wildman–Crippen LogP) is 4.11. The monoisotopic (exact) mass is 504 g/mol. The summed E-state index contributed by atoms with van der Waals surface area (Å²) in [6.45, 7) is 7.26. The highest BCUT2D eigenvalue weighted by Gasteiger charge is 2.39. The Bertz CT molecular complexity index is 1430. The molecule has 1 saturated heterocycles. The molecule has 1 aliphatic rings. The van der Waals surface area contributed by atoms with Gasteiger partial charge in [-0.3, -0.25) is 4.79 Å². The van der Waals surface area contributed by atoms with Gasteiger partial charge in [0.15, 0.2) is 5.65 Å². The first kappa shape index (κ1) is 24.3. The zero-order valence-corrected chi connectivity index (χ0v) is 20.2. The zero-order valence-electron chi connectivity index (χ0n) is 20.2. The highest BCUT2D eigenvalue weighted by atomic mass is 19.3. The first-order chi connectivity index (χ1) is 17.8. The average molecular weight is 505 g/mol. The van der Waals surface area contributed by atoms with Crippen molar-refractivity contribution in [1.29, 1.82) is 0 Å². The van der Waals surface area contributed by atoms with E-state index in [1.165, 1.54) is 30.6 Å². The zero-order chi connectivity index (χ0) is 26.0. The number of hydrogen-bond donors (Lipinski definition) is 3. The maximum absolute atomic E-state index is 15.8. The van der Waals surface area contributed by atoms with Gasteiger partial charge >= 0.3 is 5.92 Å². The topological polar surface area (TPSA) is 102 Å². The van der Waals surface area contributed by atoms with Gasteiger partial charge in [-0.15, -0.1) is 0 Å². The van der Waals surface area contributed by atoms with E-state index >= 15 is 8.78 Å². The fourth-order valence-corrected chi connectivity index (χ4v) is 4.19. The largest absolute Gasteiger partial charge is 0.369 e. The Morgan fingerprint density at radius 1 is 1.08 bits per heavy atom. The van der Waals surface area contributed by atoms with Crippen molar-refractivity contribution in [2.75, 3.05) is 48.8 Å². The van der Waals surface area contributed by atoms with Crippen molar-refractivity contribution in [3.05, 3.63) is 78.8 Å².